The number of aliphatic carboxylic acids is 1. The van der Waals surface area contributed by atoms with E-state index in [-0.39, 0.29) is 43.0 Å². The average Bonchev–Trinajstić information content (AvgIpc) is 2.82. The van der Waals surface area contributed by atoms with E-state index in [9.17, 15) is 27.5 Å². The summed E-state index contributed by atoms with van der Waals surface area (Å²) < 4.78 is 44.9. The Kier molecular flexibility index (Phi) is 7.37. The van der Waals surface area contributed by atoms with Crippen molar-refractivity contribution in [2.24, 2.45) is 0 Å². The fraction of sp³-hybridized carbons (Fsp3) is 0.231. The summed E-state index contributed by atoms with van der Waals surface area (Å²) in [7, 11) is -3.69. The molecule has 1 heterocycles. The number of rotatable bonds is 7. The van der Waals surface area contributed by atoms with E-state index in [0.29, 0.717) is 22.3 Å². The minimum atomic E-state index is -3.69. The van der Waals surface area contributed by atoms with Crippen molar-refractivity contribution in [3.05, 3.63) is 88.7 Å². The zero-order chi connectivity index (χ0) is 25.9. The van der Waals surface area contributed by atoms with Crippen LogP contribution >= 0.6 is 0 Å². The third-order valence-corrected chi connectivity index (χ3v) is 6.97. The molecule has 0 fully saturated rings. The van der Waals surface area contributed by atoms with Crippen molar-refractivity contribution in [1.82, 2.24) is 5.06 Å². The van der Waals surface area contributed by atoms with Gasteiger partial charge in [-0.2, -0.15) is 0 Å². The maximum absolute atomic E-state index is 14.7. The molecule has 3 aromatic rings. The normalized spacial score (nSPS) is 13.6. The van der Waals surface area contributed by atoms with Crippen LogP contribution in [0.2, 0.25) is 0 Å². The third-order valence-electron chi connectivity index (χ3n) is 5.81. The van der Waals surface area contributed by atoms with Gasteiger partial charge in [-0.05, 0) is 52.4 Å². The molecule has 0 unspecified atom stereocenters. The van der Waals surface area contributed by atoms with Crippen LogP contribution in [-0.2, 0) is 50.2 Å². The van der Waals surface area contributed by atoms with E-state index in [1.807, 2.05) is 18.2 Å². The Bertz CT molecular complexity index is 1410. The first-order valence-electron chi connectivity index (χ1n) is 11.1. The number of halogens is 1. The second-order valence-corrected chi connectivity index (χ2v) is 10.4. The molecule has 4 rings (SSSR count). The van der Waals surface area contributed by atoms with Crippen molar-refractivity contribution < 1.29 is 37.1 Å². The number of hydrogen-bond acceptors (Lipinski definition) is 7. The van der Waals surface area contributed by atoms with E-state index >= 15 is 0 Å². The summed E-state index contributed by atoms with van der Waals surface area (Å²) >= 11 is 0. The van der Waals surface area contributed by atoms with Crippen molar-refractivity contribution in [1.29, 1.82) is 0 Å². The molecule has 0 atom stereocenters. The van der Waals surface area contributed by atoms with Crippen LogP contribution in [0.15, 0.2) is 65.6 Å². The van der Waals surface area contributed by atoms with Gasteiger partial charge in [-0.15, -0.1) is 5.06 Å². The molecule has 0 saturated heterocycles. The van der Waals surface area contributed by atoms with E-state index in [1.54, 1.807) is 12.1 Å². The van der Waals surface area contributed by atoms with E-state index in [0.717, 1.165) is 11.8 Å². The first-order chi connectivity index (χ1) is 17.1. The van der Waals surface area contributed by atoms with E-state index in [2.05, 4.69) is 0 Å². The monoisotopic (exact) mass is 513 g/mol. The molecule has 3 aromatic carbocycles. The highest BCUT2D eigenvalue weighted by atomic mass is 32.2. The van der Waals surface area contributed by atoms with Crippen LogP contribution in [0.5, 0.6) is 0 Å². The summed E-state index contributed by atoms with van der Waals surface area (Å²) in [5.74, 6) is -1.52. The number of carboxylic acid groups (broad SMARTS) is 1. The molecule has 0 aliphatic carbocycles. The minimum absolute atomic E-state index is 0.00474. The van der Waals surface area contributed by atoms with E-state index in [1.165, 1.54) is 35.4 Å². The van der Waals surface area contributed by atoms with Crippen molar-refractivity contribution >= 4 is 22.0 Å². The first-order valence-corrected chi connectivity index (χ1v) is 13.0. The molecule has 0 saturated carbocycles. The van der Waals surface area contributed by atoms with Crippen LogP contribution in [0.1, 0.15) is 22.3 Å². The second kappa shape index (κ2) is 10.5. The fourth-order valence-corrected chi connectivity index (χ4v) is 5.06. The van der Waals surface area contributed by atoms with Gasteiger partial charge in [-0.3, -0.25) is 4.79 Å². The molecular weight excluding hydrogens is 489 g/mol. The number of nitrogens with zero attached hydrogens (tertiary/aromatic N) is 1. The minimum Gasteiger partial charge on any atom is -0.481 e. The van der Waals surface area contributed by atoms with Crippen LogP contribution in [0, 0.1) is 5.82 Å². The number of carbonyl (C=O) groups is 2. The molecule has 0 bridgehead atoms. The van der Waals surface area contributed by atoms with Gasteiger partial charge >= 0.3 is 12.1 Å². The molecule has 0 radical (unpaired) electrons. The van der Waals surface area contributed by atoms with Gasteiger partial charge in [-0.1, -0.05) is 42.5 Å². The fourth-order valence-electron chi connectivity index (χ4n) is 4.18. The lowest BCUT2D eigenvalue weighted by molar-refractivity contribution is -0.139. The summed E-state index contributed by atoms with van der Waals surface area (Å²) in [5, 5.41) is 10.5. The number of hydroxylamine groups is 2. The Morgan fingerprint density at radius 2 is 1.75 bits per heavy atom. The maximum atomic E-state index is 14.7. The van der Waals surface area contributed by atoms with Gasteiger partial charge in [-0.25, -0.2) is 17.6 Å². The Hall–Kier alpha value is -3.76. The Morgan fingerprint density at radius 3 is 2.44 bits per heavy atom. The van der Waals surface area contributed by atoms with Crippen molar-refractivity contribution in [2.45, 2.75) is 30.9 Å². The zero-order valence-corrected chi connectivity index (χ0v) is 20.3. The van der Waals surface area contributed by atoms with Gasteiger partial charge in [0.25, 0.3) is 0 Å². The lowest BCUT2D eigenvalue weighted by atomic mass is 9.90. The number of hydrogen-bond donors (Lipinski definition) is 1. The van der Waals surface area contributed by atoms with Gasteiger partial charge in [0.05, 0.1) is 17.9 Å². The first kappa shape index (κ1) is 25.3. The predicted octanol–water partition coefficient (Wildman–Crippen LogP) is 4.15. The molecular formula is C26H24FNO7S. The summed E-state index contributed by atoms with van der Waals surface area (Å²) in [6.45, 7) is 0.235. The third kappa shape index (κ3) is 5.89. The molecule has 1 aliphatic heterocycles. The van der Waals surface area contributed by atoms with E-state index < -0.39 is 27.8 Å². The van der Waals surface area contributed by atoms with Gasteiger partial charge < -0.3 is 14.7 Å². The molecule has 1 aliphatic rings. The van der Waals surface area contributed by atoms with Crippen LogP contribution < -0.4 is 0 Å². The van der Waals surface area contributed by atoms with Gasteiger partial charge in [0.1, 0.15) is 12.4 Å². The summed E-state index contributed by atoms with van der Waals surface area (Å²) in [6, 6.07) is 16.1. The van der Waals surface area contributed by atoms with Crippen molar-refractivity contribution in [3.63, 3.8) is 0 Å². The van der Waals surface area contributed by atoms with Gasteiger partial charge in [0.2, 0.25) is 0 Å². The molecule has 0 aromatic heterocycles. The van der Waals surface area contributed by atoms with Crippen molar-refractivity contribution in [3.8, 4) is 11.1 Å². The number of ether oxygens (including phenoxy) is 1. The Morgan fingerprint density at radius 1 is 1.00 bits per heavy atom. The predicted molar refractivity (Wildman–Crippen MR) is 128 cm³/mol. The number of fused-ring (bicyclic) bond motifs is 1. The SMILES string of the molecule is CS(=O)(=O)c1ccc(CC(=O)O)cc1-c1ccc(F)c2c1CN(OC(=O)OCc1ccccc1)CC2. The second-order valence-electron chi connectivity index (χ2n) is 8.45. The summed E-state index contributed by atoms with van der Waals surface area (Å²) in [5.41, 5.74) is 2.71. The Labute approximate surface area is 207 Å². The van der Waals surface area contributed by atoms with Crippen LogP contribution in [-0.4, -0.2) is 43.5 Å². The van der Waals surface area contributed by atoms with Crippen LogP contribution in [0.4, 0.5) is 9.18 Å². The molecule has 0 spiro atoms. The van der Waals surface area contributed by atoms with Gasteiger partial charge in [0, 0.05) is 18.4 Å². The topological polar surface area (TPSA) is 110 Å². The molecule has 36 heavy (non-hydrogen) atoms. The molecule has 1 N–H and O–H groups in total. The lowest BCUT2D eigenvalue weighted by Crippen LogP contribution is -2.34. The van der Waals surface area contributed by atoms with Gasteiger partial charge in [0.15, 0.2) is 9.84 Å². The molecule has 10 heteroatoms. The number of carboxylic acids is 1. The number of sulfone groups is 1. The number of benzene rings is 3. The smallest absolute Gasteiger partial charge is 0.481 e. The largest absolute Gasteiger partial charge is 0.528 e. The van der Waals surface area contributed by atoms with Crippen LogP contribution in [0.25, 0.3) is 11.1 Å². The quantitative estimate of drug-likeness (QED) is 0.469. The van der Waals surface area contributed by atoms with Crippen LogP contribution in [0.3, 0.4) is 0 Å². The highest BCUT2D eigenvalue weighted by Crippen LogP contribution is 2.36. The van der Waals surface area contributed by atoms with Crippen molar-refractivity contribution in [2.75, 3.05) is 12.8 Å². The average molecular weight is 514 g/mol. The summed E-state index contributed by atoms with van der Waals surface area (Å²) in [4.78, 5) is 28.8. The van der Waals surface area contributed by atoms with E-state index in [4.69, 9.17) is 9.57 Å². The zero-order valence-electron chi connectivity index (χ0n) is 19.4. The molecule has 188 valence electrons. The standard InChI is InChI=1S/C26H24FNO7S/c1-36(32,33)24-10-7-18(14-25(29)30)13-21(24)19-8-9-23(27)20-11-12-28(15-22(19)20)35-26(31)34-16-17-5-3-2-4-6-17/h2-10,13H,11-12,14-16H2,1H3,(H,29,30). The Balaban J connectivity index is 1.63. The highest BCUT2D eigenvalue weighted by Gasteiger charge is 2.27. The number of carbonyl (C=O) groups excluding carboxylic acids is 1. The highest BCUT2D eigenvalue weighted by molar-refractivity contribution is 7.90. The maximum Gasteiger partial charge on any atom is 0.528 e. The summed E-state index contributed by atoms with van der Waals surface area (Å²) in [6.07, 6.45) is 0.0459. The molecule has 0 amide bonds. The lowest BCUT2D eigenvalue weighted by Gasteiger charge is -2.29. The molecule has 8 nitrogen and oxygen atoms in total.